The molecule has 0 saturated carbocycles. The molecule has 0 bridgehead atoms. The summed E-state index contributed by atoms with van der Waals surface area (Å²) in [5.74, 6) is 0.659. The van der Waals surface area contributed by atoms with Crippen molar-refractivity contribution < 1.29 is 0 Å². The van der Waals surface area contributed by atoms with Crippen molar-refractivity contribution in [2.45, 2.75) is 39.2 Å². The number of benzene rings is 1. The van der Waals surface area contributed by atoms with Crippen molar-refractivity contribution >= 4 is 17.3 Å². The van der Waals surface area contributed by atoms with E-state index in [0.29, 0.717) is 22.5 Å². The average molecular weight is 306 g/mol. The minimum atomic E-state index is 0.400. The summed E-state index contributed by atoms with van der Waals surface area (Å²) >= 11 is 5.98. The van der Waals surface area contributed by atoms with Crippen LogP contribution in [0.2, 0.25) is 5.02 Å². The largest absolute Gasteiger partial charge is 0.382 e. The number of halogens is 1. The molecule has 1 aromatic carbocycles. The van der Waals surface area contributed by atoms with Gasteiger partial charge in [-0.1, -0.05) is 18.5 Å². The Kier molecular flexibility index (Phi) is 5.90. The Hall–Kier alpha value is -1.24. The van der Waals surface area contributed by atoms with E-state index >= 15 is 0 Å². The summed E-state index contributed by atoms with van der Waals surface area (Å²) in [5, 5.41) is 13.1. The lowest BCUT2D eigenvalue weighted by molar-refractivity contribution is 0.165. The van der Waals surface area contributed by atoms with Crippen LogP contribution in [0.5, 0.6) is 0 Å². The van der Waals surface area contributed by atoms with E-state index < -0.39 is 0 Å². The molecule has 2 unspecified atom stereocenters. The van der Waals surface area contributed by atoms with E-state index in [1.54, 1.807) is 6.07 Å². The molecule has 1 fully saturated rings. The second-order valence-electron chi connectivity index (χ2n) is 5.94. The number of nitriles is 1. The summed E-state index contributed by atoms with van der Waals surface area (Å²) in [6, 6.07) is 8.11. The minimum Gasteiger partial charge on any atom is -0.382 e. The van der Waals surface area contributed by atoms with Crippen LogP contribution >= 0.6 is 11.6 Å². The molecule has 1 N–H and O–H groups in total. The van der Waals surface area contributed by atoms with Gasteiger partial charge in [0, 0.05) is 18.3 Å². The lowest BCUT2D eigenvalue weighted by atomic mass is 9.91. The molecule has 3 nitrogen and oxygen atoms in total. The molecular formula is C17H24ClN3. The maximum atomic E-state index is 9.05. The first kappa shape index (κ1) is 16.1. The summed E-state index contributed by atoms with van der Waals surface area (Å²) in [6.07, 6.45) is 3.77. The highest BCUT2D eigenvalue weighted by molar-refractivity contribution is 6.31. The number of piperidine rings is 1. The molecule has 0 radical (unpaired) electrons. The number of hydrogen-bond donors (Lipinski definition) is 1. The summed E-state index contributed by atoms with van der Waals surface area (Å²) in [5.41, 5.74) is 1.51. The van der Waals surface area contributed by atoms with Crippen LogP contribution in [0.4, 0.5) is 5.69 Å². The van der Waals surface area contributed by atoms with Gasteiger partial charge in [0.15, 0.2) is 0 Å². The van der Waals surface area contributed by atoms with E-state index in [2.05, 4.69) is 30.1 Å². The highest BCUT2D eigenvalue weighted by Crippen LogP contribution is 2.25. The molecule has 2 rings (SSSR count). The highest BCUT2D eigenvalue weighted by Gasteiger charge is 2.24. The maximum absolute atomic E-state index is 9.05. The van der Waals surface area contributed by atoms with E-state index in [9.17, 15) is 0 Å². The predicted octanol–water partition coefficient (Wildman–Crippen LogP) is 4.13. The van der Waals surface area contributed by atoms with E-state index in [-0.39, 0.29) is 0 Å². The Morgan fingerprint density at radius 2 is 2.33 bits per heavy atom. The van der Waals surface area contributed by atoms with Crippen molar-refractivity contribution in [2.24, 2.45) is 5.92 Å². The zero-order valence-corrected chi connectivity index (χ0v) is 13.7. The van der Waals surface area contributed by atoms with Crippen LogP contribution in [0.15, 0.2) is 18.2 Å². The fraction of sp³-hybridized carbons (Fsp3) is 0.588. The molecule has 1 aliphatic rings. The second-order valence-corrected chi connectivity index (χ2v) is 6.35. The number of likely N-dealkylation sites (tertiary alicyclic amines) is 1. The Morgan fingerprint density at radius 3 is 3.05 bits per heavy atom. The van der Waals surface area contributed by atoms with Crippen molar-refractivity contribution in [3.8, 4) is 6.07 Å². The van der Waals surface area contributed by atoms with Crippen LogP contribution in [0.1, 0.15) is 38.7 Å². The molecule has 2 atom stereocenters. The van der Waals surface area contributed by atoms with Gasteiger partial charge in [0.2, 0.25) is 0 Å². The van der Waals surface area contributed by atoms with E-state index in [4.69, 9.17) is 16.9 Å². The molecule has 0 spiro atoms. The van der Waals surface area contributed by atoms with Crippen LogP contribution in [-0.4, -0.2) is 30.6 Å². The van der Waals surface area contributed by atoms with Gasteiger partial charge in [-0.25, -0.2) is 0 Å². The number of hydrogen-bond acceptors (Lipinski definition) is 3. The van der Waals surface area contributed by atoms with Crippen molar-refractivity contribution in [3.05, 3.63) is 28.8 Å². The monoisotopic (exact) mass is 305 g/mol. The lowest BCUT2D eigenvalue weighted by Crippen LogP contribution is -2.42. The van der Waals surface area contributed by atoms with Gasteiger partial charge < -0.3 is 10.2 Å². The smallest absolute Gasteiger partial charge is 0.101 e. The molecular weight excluding hydrogens is 282 g/mol. The van der Waals surface area contributed by atoms with Gasteiger partial charge in [-0.15, -0.1) is 0 Å². The molecule has 1 saturated heterocycles. The van der Waals surface area contributed by atoms with E-state index in [0.717, 1.165) is 5.69 Å². The van der Waals surface area contributed by atoms with Crippen molar-refractivity contribution in [1.82, 2.24) is 4.90 Å². The van der Waals surface area contributed by atoms with Crippen LogP contribution in [0.3, 0.4) is 0 Å². The molecule has 0 amide bonds. The van der Waals surface area contributed by atoms with Gasteiger partial charge in [-0.3, -0.25) is 0 Å². The van der Waals surface area contributed by atoms with E-state index in [1.165, 1.54) is 38.9 Å². The Balaban J connectivity index is 1.97. The van der Waals surface area contributed by atoms with Gasteiger partial charge in [0.25, 0.3) is 0 Å². The van der Waals surface area contributed by atoms with Gasteiger partial charge in [-0.05, 0) is 63.4 Å². The van der Waals surface area contributed by atoms with Crippen LogP contribution in [0.25, 0.3) is 0 Å². The first-order valence-corrected chi connectivity index (χ1v) is 8.20. The van der Waals surface area contributed by atoms with Crippen molar-refractivity contribution in [1.29, 1.82) is 5.26 Å². The Morgan fingerprint density at radius 1 is 1.52 bits per heavy atom. The minimum absolute atomic E-state index is 0.400. The molecule has 1 aliphatic heterocycles. The standard InChI is InChI=1S/C17H24ClN3/c1-3-8-21-9-4-5-14(12-21)13(2)20-16-6-7-17(18)15(10-16)11-19/h6-7,10,13-14,20H,3-5,8-9,12H2,1-2H3. The van der Waals surface area contributed by atoms with Crippen LogP contribution in [-0.2, 0) is 0 Å². The van der Waals surface area contributed by atoms with Gasteiger partial charge in [0.05, 0.1) is 10.6 Å². The zero-order valence-electron chi connectivity index (χ0n) is 12.9. The van der Waals surface area contributed by atoms with E-state index in [1.807, 2.05) is 12.1 Å². The molecule has 0 aromatic heterocycles. The summed E-state index contributed by atoms with van der Waals surface area (Å²) < 4.78 is 0. The normalized spacial score (nSPS) is 20.8. The fourth-order valence-corrected chi connectivity index (χ4v) is 3.26. The van der Waals surface area contributed by atoms with Gasteiger partial charge >= 0.3 is 0 Å². The molecule has 114 valence electrons. The summed E-state index contributed by atoms with van der Waals surface area (Å²) in [4.78, 5) is 2.56. The molecule has 0 aliphatic carbocycles. The number of nitrogens with one attached hydrogen (secondary N) is 1. The van der Waals surface area contributed by atoms with Crippen LogP contribution in [0, 0.1) is 17.2 Å². The third-order valence-electron chi connectivity index (χ3n) is 4.27. The molecule has 1 aromatic rings. The Bertz CT molecular complexity index is 507. The molecule has 21 heavy (non-hydrogen) atoms. The molecule has 4 heteroatoms. The first-order valence-electron chi connectivity index (χ1n) is 7.82. The topological polar surface area (TPSA) is 39.1 Å². The van der Waals surface area contributed by atoms with Gasteiger partial charge in [0.1, 0.15) is 6.07 Å². The van der Waals surface area contributed by atoms with Gasteiger partial charge in [-0.2, -0.15) is 5.26 Å². The molecule has 1 heterocycles. The second kappa shape index (κ2) is 7.68. The summed E-state index contributed by atoms with van der Waals surface area (Å²) in [7, 11) is 0. The van der Waals surface area contributed by atoms with Crippen LogP contribution < -0.4 is 5.32 Å². The third-order valence-corrected chi connectivity index (χ3v) is 4.60. The number of rotatable bonds is 5. The lowest BCUT2D eigenvalue weighted by Gasteiger charge is -2.36. The van der Waals surface area contributed by atoms with Crippen molar-refractivity contribution in [3.63, 3.8) is 0 Å². The highest BCUT2D eigenvalue weighted by atomic mass is 35.5. The zero-order chi connectivity index (χ0) is 15.2. The number of anilines is 1. The quantitative estimate of drug-likeness (QED) is 0.889. The first-order chi connectivity index (χ1) is 10.1. The summed E-state index contributed by atoms with van der Waals surface area (Å²) in [6.45, 7) is 8.07. The average Bonchev–Trinajstić information content (AvgIpc) is 2.50. The third kappa shape index (κ3) is 4.36. The fourth-order valence-electron chi connectivity index (χ4n) is 3.10. The Labute approximate surface area is 132 Å². The SMILES string of the molecule is CCCN1CCCC(C(C)Nc2ccc(Cl)c(C#N)c2)C1. The predicted molar refractivity (Wildman–Crippen MR) is 88.7 cm³/mol. The maximum Gasteiger partial charge on any atom is 0.101 e. The number of nitrogens with zero attached hydrogens (tertiary/aromatic N) is 2. The van der Waals surface area contributed by atoms with Crippen molar-refractivity contribution in [2.75, 3.05) is 25.0 Å².